The molecule has 2 aliphatic rings. The van der Waals surface area contributed by atoms with Crippen LogP contribution in [0.5, 0.6) is 11.5 Å². The third-order valence-corrected chi connectivity index (χ3v) is 4.46. The van der Waals surface area contributed by atoms with Crippen LogP contribution in [0.25, 0.3) is 0 Å². The predicted molar refractivity (Wildman–Crippen MR) is 74.6 cm³/mol. The highest BCUT2D eigenvalue weighted by Gasteiger charge is 2.41. The Morgan fingerprint density at radius 1 is 1.38 bits per heavy atom. The second kappa shape index (κ2) is 5.06. The monoisotopic (exact) mass is 290 g/mol. The van der Waals surface area contributed by atoms with Crippen molar-refractivity contribution >= 4 is 11.9 Å². The van der Waals surface area contributed by atoms with Gasteiger partial charge in [-0.3, -0.25) is 4.79 Å². The van der Waals surface area contributed by atoms with Crippen LogP contribution in [0.15, 0.2) is 12.1 Å². The van der Waals surface area contributed by atoms with E-state index in [0.717, 1.165) is 24.8 Å². The Balaban J connectivity index is 1.97. The molecule has 1 heterocycles. The molecule has 0 radical (unpaired) electrons. The van der Waals surface area contributed by atoms with Crippen LogP contribution >= 0.6 is 0 Å². The van der Waals surface area contributed by atoms with Crippen molar-refractivity contribution in [3.05, 3.63) is 23.3 Å². The molecular weight excluding hydrogens is 272 g/mol. The summed E-state index contributed by atoms with van der Waals surface area (Å²) in [5.74, 6) is 0.00940. The minimum Gasteiger partial charge on any atom is -0.479 e. The zero-order valence-electron chi connectivity index (χ0n) is 12.1. The first-order valence-electron chi connectivity index (χ1n) is 7.23. The average Bonchev–Trinajstić information content (AvgIpc) is 2.92. The Labute approximate surface area is 122 Å². The van der Waals surface area contributed by atoms with Crippen molar-refractivity contribution in [3.8, 4) is 11.5 Å². The number of fused-ring (bicyclic) bond motifs is 3. The smallest absolute Gasteiger partial charge is 0.344 e. The number of ether oxygens (including phenoxy) is 2. The normalized spacial score (nSPS) is 24.8. The van der Waals surface area contributed by atoms with E-state index < -0.39 is 12.1 Å². The van der Waals surface area contributed by atoms with Crippen LogP contribution in [-0.2, 0) is 9.59 Å². The van der Waals surface area contributed by atoms with Crippen molar-refractivity contribution in [1.82, 2.24) is 0 Å². The maximum Gasteiger partial charge on any atom is 0.344 e. The van der Waals surface area contributed by atoms with Crippen LogP contribution in [0.1, 0.15) is 43.2 Å². The van der Waals surface area contributed by atoms with E-state index in [1.54, 1.807) is 13.0 Å². The highest BCUT2D eigenvalue weighted by atomic mass is 16.5. The van der Waals surface area contributed by atoms with E-state index in [1.807, 2.05) is 6.07 Å². The molecule has 0 spiro atoms. The van der Waals surface area contributed by atoms with Crippen molar-refractivity contribution in [3.63, 3.8) is 0 Å². The highest BCUT2D eigenvalue weighted by molar-refractivity contribution is 5.81. The van der Waals surface area contributed by atoms with Gasteiger partial charge in [-0.15, -0.1) is 0 Å². The molecule has 0 amide bonds. The summed E-state index contributed by atoms with van der Waals surface area (Å²) in [7, 11) is 0. The van der Waals surface area contributed by atoms with Gasteiger partial charge in [-0.05, 0) is 38.3 Å². The van der Waals surface area contributed by atoms with E-state index in [1.165, 1.54) is 6.92 Å². The minimum absolute atomic E-state index is 0.0263. The van der Waals surface area contributed by atoms with E-state index in [0.29, 0.717) is 17.1 Å². The summed E-state index contributed by atoms with van der Waals surface area (Å²) in [5, 5.41) is 8.93. The molecule has 0 saturated heterocycles. The molecule has 3 atom stereocenters. The second-order valence-corrected chi connectivity index (χ2v) is 5.77. The fourth-order valence-electron chi connectivity index (χ4n) is 3.28. The van der Waals surface area contributed by atoms with Gasteiger partial charge in [0.25, 0.3) is 0 Å². The molecule has 21 heavy (non-hydrogen) atoms. The van der Waals surface area contributed by atoms with Crippen LogP contribution in [-0.4, -0.2) is 23.1 Å². The van der Waals surface area contributed by atoms with Crippen LogP contribution in [0.3, 0.4) is 0 Å². The Morgan fingerprint density at radius 2 is 2.10 bits per heavy atom. The van der Waals surface area contributed by atoms with Crippen LogP contribution in [0, 0.1) is 12.8 Å². The number of carboxylic acid groups (broad SMARTS) is 1. The third-order valence-electron chi connectivity index (χ3n) is 4.46. The van der Waals surface area contributed by atoms with Gasteiger partial charge in [-0.25, -0.2) is 4.79 Å². The predicted octanol–water partition coefficient (Wildman–Crippen LogP) is 2.65. The van der Waals surface area contributed by atoms with Crippen molar-refractivity contribution in [2.45, 2.75) is 45.1 Å². The standard InChI is InChI=1S/C16H18O5/c1-8-13(20-9(2)15(17)18)7-6-11-10-4-3-5-12(10)16(19)21-14(8)11/h6-7,9-10,12H,3-5H2,1-2H3,(H,17,18). The maximum atomic E-state index is 12.1. The van der Waals surface area contributed by atoms with Crippen molar-refractivity contribution in [2.24, 2.45) is 5.92 Å². The quantitative estimate of drug-likeness (QED) is 0.684. The Morgan fingerprint density at radius 3 is 2.81 bits per heavy atom. The average molecular weight is 290 g/mol. The first-order valence-corrected chi connectivity index (χ1v) is 7.23. The van der Waals surface area contributed by atoms with Crippen LogP contribution in [0.2, 0.25) is 0 Å². The van der Waals surface area contributed by atoms with Gasteiger partial charge in [0.15, 0.2) is 6.10 Å². The summed E-state index contributed by atoms with van der Waals surface area (Å²) in [6, 6.07) is 3.68. The van der Waals surface area contributed by atoms with Crippen LogP contribution < -0.4 is 9.47 Å². The van der Waals surface area contributed by atoms with Crippen molar-refractivity contribution < 1.29 is 24.2 Å². The number of carbonyl (C=O) groups is 2. The van der Waals surface area contributed by atoms with Gasteiger partial charge in [0.05, 0.1) is 5.92 Å². The third kappa shape index (κ3) is 2.26. The first-order chi connectivity index (χ1) is 9.99. The van der Waals surface area contributed by atoms with Gasteiger partial charge in [-0.2, -0.15) is 0 Å². The summed E-state index contributed by atoms with van der Waals surface area (Å²) in [6.45, 7) is 3.27. The maximum absolute atomic E-state index is 12.1. The molecule has 1 N–H and O–H groups in total. The van der Waals surface area contributed by atoms with E-state index in [2.05, 4.69) is 0 Å². The molecule has 1 fully saturated rings. The molecule has 5 nitrogen and oxygen atoms in total. The van der Waals surface area contributed by atoms with Crippen molar-refractivity contribution in [1.29, 1.82) is 0 Å². The summed E-state index contributed by atoms with van der Waals surface area (Å²) >= 11 is 0. The fourth-order valence-corrected chi connectivity index (χ4v) is 3.28. The Bertz CT molecular complexity index is 607. The number of rotatable bonds is 3. The lowest BCUT2D eigenvalue weighted by molar-refractivity contribution is -0.144. The van der Waals surface area contributed by atoms with Crippen LogP contribution in [0.4, 0.5) is 0 Å². The lowest BCUT2D eigenvalue weighted by Gasteiger charge is -2.29. The number of hydrogen-bond acceptors (Lipinski definition) is 4. The summed E-state index contributed by atoms with van der Waals surface area (Å²) < 4.78 is 10.9. The lowest BCUT2D eigenvalue weighted by Crippen LogP contribution is -2.29. The molecule has 5 heteroatoms. The van der Waals surface area contributed by atoms with E-state index in [4.69, 9.17) is 14.6 Å². The first kappa shape index (κ1) is 13.9. The zero-order valence-corrected chi connectivity index (χ0v) is 12.1. The lowest BCUT2D eigenvalue weighted by atomic mass is 9.85. The summed E-state index contributed by atoms with van der Waals surface area (Å²) in [6.07, 6.45) is 1.98. The zero-order chi connectivity index (χ0) is 15.1. The molecule has 1 saturated carbocycles. The van der Waals surface area contributed by atoms with Gasteiger partial charge in [0, 0.05) is 11.5 Å². The van der Waals surface area contributed by atoms with Gasteiger partial charge < -0.3 is 14.6 Å². The molecule has 1 aromatic carbocycles. The van der Waals surface area contributed by atoms with Gasteiger partial charge in [-0.1, -0.05) is 12.5 Å². The highest BCUT2D eigenvalue weighted by Crippen LogP contribution is 2.49. The molecule has 0 aromatic heterocycles. The largest absolute Gasteiger partial charge is 0.479 e. The molecule has 0 bridgehead atoms. The van der Waals surface area contributed by atoms with Gasteiger partial charge in [0.2, 0.25) is 0 Å². The van der Waals surface area contributed by atoms with E-state index >= 15 is 0 Å². The Kier molecular flexibility index (Phi) is 3.35. The number of hydrogen-bond donors (Lipinski definition) is 1. The van der Waals surface area contributed by atoms with E-state index in [-0.39, 0.29) is 17.8 Å². The number of aliphatic carboxylic acids is 1. The van der Waals surface area contributed by atoms with E-state index in [9.17, 15) is 9.59 Å². The second-order valence-electron chi connectivity index (χ2n) is 5.77. The van der Waals surface area contributed by atoms with Gasteiger partial charge >= 0.3 is 11.9 Å². The number of esters is 1. The molecule has 112 valence electrons. The number of benzene rings is 1. The minimum atomic E-state index is -1.03. The topological polar surface area (TPSA) is 72.8 Å². The Hall–Kier alpha value is -2.04. The summed E-state index contributed by atoms with van der Waals surface area (Å²) in [4.78, 5) is 23.0. The number of carboxylic acids is 1. The molecule has 3 rings (SSSR count). The molecule has 1 aliphatic carbocycles. The fraction of sp³-hybridized carbons (Fsp3) is 0.500. The molecule has 1 aromatic rings. The van der Waals surface area contributed by atoms with Crippen molar-refractivity contribution in [2.75, 3.05) is 0 Å². The summed E-state index contributed by atoms with van der Waals surface area (Å²) in [5.41, 5.74) is 1.74. The van der Waals surface area contributed by atoms with Gasteiger partial charge in [0.1, 0.15) is 11.5 Å². The number of carbonyl (C=O) groups excluding carboxylic acids is 1. The molecule has 3 unspecified atom stereocenters. The molecule has 1 aliphatic heterocycles. The molecular formula is C16H18O5. The SMILES string of the molecule is Cc1c(OC(C)C(=O)O)ccc2c1OC(=O)C1CCCC21.